The molecule has 0 bridgehead atoms. The maximum absolute atomic E-state index is 14.4. The lowest BCUT2D eigenvalue weighted by Gasteiger charge is -2.31. The standard InChI is InChI=1S/C42H54N6O12S3/c1-25(2)39(50)43-18-9-7-11-21-47(61(55)56)33-23-35(49)30-16-17-31-36(63(59,60)46-32(42(53)54)13-8-10-19-44-40(51)26(3)4)24-34(29-15-14-28(33)37(30)38(29)31)48(62(57)58)22-12-20-45-41(52)27(5)6/h14-17,23-24,32,46,49H,1,3,5,7-13,18-22H2,2,4,6H3,(H,43,50)(H,44,51)(H,45,52)(H,53,54)(H,55,56)(H,57,58)/p-2. The van der Waals surface area contributed by atoms with Crippen molar-refractivity contribution in [2.75, 3.05) is 41.3 Å². The van der Waals surface area contributed by atoms with Gasteiger partial charge in [0.2, 0.25) is 27.7 Å². The molecule has 0 aliphatic carbocycles. The highest BCUT2D eigenvalue weighted by Crippen LogP contribution is 2.47. The molecule has 63 heavy (non-hydrogen) atoms. The Balaban J connectivity index is 1.86. The Hall–Kier alpha value is -5.45. The first kappa shape index (κ1) is 50.2. The van der Waals surface area contributed by atoms with Gasteiger partial charge in [0.25, 0.3) is 0 Å². The number of phenols is 1. The minimum atomic E-state index is -4.81. The lowest BCUT2D eigenvalue weighted by atomic mass is 9.92. The van der Waals surface area contributed by atoms with Crippen LogP contribution >= 0.6 is 0 Å². The van der Waals surface area contributed by atoms with Crippen molar-refractivity contribution in [2.24, 2.45) is 0 Å². The van der Waals surface area contributed by atoms with E-state index in [1.807, 2.05) is 0 Å². The van der Waals surface area contributed by atoms with Crippen LogP contribution in [-0.2, 0) is 51.7 Å². The summed E-state index contributed by atoms with van der Waals surface area (Å²) in [6.45, 7) is 15.6. The number of anilines is 2. The second-order valence-electron chi connectivity index (χ2n) is 15.0. The largest absolute Gasteiger partial charge is 0.755 e. The minimum absolute atomic E-state index is 0.0134. The molecule has 0 saturated carbocycles. The van der Waals surface area contributed by atoms with E-state index >= 15 is 0 Å². The van der Waals surface area contributed by atoms with E-state index in [1.54, 1.807) is 13.0 Å². The average molecular weight is 929 g/mol. The summed E-state index contributed by atoms with van der Waals surface area (Å²) < 4.78 is 84.7. The molecule has 4 aromatic rings. The van der Waals surface area contributed by atoms with Gasteiger partial charge in [-0.2, -0.15) is 4.72 Å². The van der Waals surface area contributed by atoms with E-state index in [0.717, 1.165) is 14.7 Å². The highest BCUT2D eigenvalue weighted by atomic mass is 32.2. The van der Waals surface area contributed by atoms with Crippen molar-refractivity contribution in [2.45, 2.75) is 76.7 Å². The maximum Gasteiger partial charge on any atom is 0.321 e. The number of nitrogens with one attached hydrogen (secondary N) is 4. The third-order valence-corrected chi connectivity index (χ3v) is 13.1. The zero-order valence-corrected chi connectivity index (χ0v) is 37.7. The summed E-state index contributed by atoms with van der Waals surface area (Å²) in [6, 6.07) is 6.61. The monoisotopic (exact) mass is 928 g/mol. The summed E-state index contributed by atoms with van der Waals surface area (Å²) in [5.74, 6) is -2.98. The number of benzene rings is 4. The van der Waals surface area contributed by atoms with Crippen molar-refractivity contribution >= 4 is 99.9 Å². The predicted octanol–water partition coefficient (Wildman–Crippen LogP) is 4.03. The van der Waals surface area contributed by atoms with E-state index in [4.69, 9.17) is 0 Å². The minimum Gasteiger partial charge on any atom is -0.755 e. The van der Waals surface area contributed by atoms with Gasteiger partial charge in [0.1, 0.15) is 11.8 Å². The molecule has 4 rings (SSSR count). The van der Waals surface area contributed by atoms with E-state index in [-0.39, 0.29) is 118 Å². The van der Waals surface area contributed by atoms with Crippen LogP contribution in [0.1, 0.15) is 65.7 Å². The van der Waals surface area contributed by atoms with Crippen LogP contribution < -0.4 is 29.3 Å². The summed E-state index contributed by atoms with van der Waals surface area (Å²) in [5.41, 5.74) is 0.779. The number of unbranched alkanes of at least 4 members (excludes halogenated alkanes) is 3. The van der Waals surface area contributed by atoms with E-state index in [1.165, 1.54) is 38.1 Å². The molecule has 21 heteroatoms. The summed E-state index contributed by atoms with van der Waals surface area (Å²) in [5, 5.41) is 30.5. The number of amides is 3. The van der Waals surface area contributed by atoms with Crippen molar-refractivity contribution in [3.05, 3.63) is 72.9 Å². The number of carboxylic acid groups (broad SMARTS) is 1. The molecule has 0 spiro atoms. The summed E-state index contributed by atoms with van der Waals surface area (Å²) >= 11 is -5.91. The SMILES string of the molecule is C=C(C)C(=O)NCCCCCN(c1cc(O)c2ccc3c(S(=O)(=O)NC(CCCCNC(=O)C(=C)C)C(=O)O)cc(N(CCCNC(=O)C(=C)C)S(=O)[O-])c4ccc1c2c43)S(=O)[O-]. The molecule has 4 aromatic carbocycles. The Bertz CT molecular complexity index is 2580. The van der Waals surface area contributed by atoms with Crippen LogP contribution in [0, 0.1) is 0 Å². The van der Waals surface area contributed by atoms with Gasteiger partial charge in [0.05, 0.1) is 16.3 Å². The number of rotatable bonds is 26. The molecule has 6 N–H and O–H groups in total. The number of nitrogens with zero attached hydrogens (tertiary/aromatic N) is 2. The number of carbonyl (C=O) groups excluding carboxylic acids is 3. The van der Waals surface area contributed by atoms with Gasteiger partial charge in [-0.15, -0.1) is 0 Å². The Kier molecular flexibility index (Phi) is 17.7. The first-order valence-electron chi connectivity index (χ1n) is 19.9. The average Bonchev–Trinajstić information content (AvgIpc) is 3.21. The van der Waals surface area contributed by atoms with Gasteiger partial charge in [0, 0.05) is 110 Å². The lowest BCUT2D eigenvalue weighted by Crippen LogP contribution is -2.41. The van der Waals surface area contributed by atoms with Crippen LogP contribution in [0.5, 0.6) is 5.75 Å². The number of carboxylic acids is 1. The van der Waals surface area contributed by atoms with Crippen molar-refractivity contribution in [3.8, 4) is 5.75 Å². The van der Waals surface area contributed by atoms with Crippen molar-refractivity contribution < 1.29 is 55.3 Å². The highest BCUT2D eigenvalue weighted by molar-refractivity contribution is 7.89. The van der Waals surface area contributed by atoms with Crippen molar-refractivity contribution in [1.82, 2.24) is 20.7 Å². The third kappa shape index (κ3) is 12.6. The normalized spacial score (nSPS) is 13.0. The molecule has 0 heterocycles. The second kappa shape index (κ2) is 22.3. The number of aliphatic carboxylic acids is 1. The quantitative estimate of drug-likeness (QED) is 0.0225. The van der Waals surface area contributed by atoms with E-state index in [2.05, 4.69) is 40.4 Å². The lowest BCUT2D eigenvalue weighted by molar-refractivity contribution is -0.139. The topological polar surface area (TPSA) is 278 Å². The smallest absolute Gasteiger partial charge is 0.321 e. The van der Waals surface area contributed by atoms with E-state index < -0.39 is 55.4 Å². The van der Waals surface area contributed by atoms with Gasteiger partial charge >= 0.3 is 5.97 Å². The zero-order chi connectivity index (χ0) is 46.8. The predicted molar refractivity (Wildman–Crippen MR) is 242 cm³/mol. The molecular weight excluding hydrogens is 877 g/mol. The summed E-state index contributed by atoms with van der Waals surface area (Å²) in [7, 11) is -4.81. The number of phenolic OH excluding ortho intramolecular Hbond substituents is 1. The number of aromatic hydroxyl groups is 1. The molecule has 0 radical (unpaired) electrons. The van der Waals surface area contributed by atoms with E-state index in [0.29, 0.717) is 37.8 Å². The van der Waals surface area contributed by atoms with Crippen LogP contribution in [0.4, 0.5) is 11.4 Å². The summed E-state index contributed by atoms with van der Waals surface area (Å²) in [6.07, 6.45) is 1.80. The van der Waals surface area contributed by atoms with Crippen molar-refractivity contribution in [1.29, 1.82) is 0 Å². The van der Waals surface area contributed by atoms with Crippen molar-refractivity contribution in [3.63, 3.8) is 0 Å². The molecule has 0 saturated heterocycles. The van der Waals surface area contributed by atoms with Gasteiger partial charge in [-0.1, -0.05) is 37.9 Å². The molecular formula is C42H52N6O12S3-2. The van der Waals surface area contributed by atoms with Gasteiger partial charge in [-0.05, 0) is 77.8 Å². The van der Waals surface area contributed by atoms with Crippen LogP contribution in [0.25, 0.3) is 32.3 Å². The van der Waals surface area contributed by atoms with Crippen LogP contribution in [0.2, 0.25) is 0 Å². The van der Waals surface area contributed by atoms with Gasteiger partial charge in [-0.3, -0.25) is 27.6 Å². The molecule has 0 aliphatic heterocycles. The molecule has 0 aliphatic rings. The van der Waals surface area contributed by atoms with Gasteiger partial charge < -0.3 is 43.9 Å². The molecule has 18 nitrogen and oxygen atoms in total. The van der Waals surface area contributed by atoms with E-state index in [9.17, 15) is 55.3 Å². The summed E-state index contributed by atoms with van der Waals surface area (Å²) in [4.78, 5) is 47.8. The first-order valence-corrected chi connectivity index (χ1v) is 23.5. The molecule has 0 aromatic heterocycles. The Morgan fingerprint density at radius 3 is 1.59 bits per heavy atom. The Morgan fingerprint density at radius 1 is 0.667 bits per heavy atom. The maximum atomic E-state index is 14.4. The third-order valence-electron chi connectivity index (χ3n) is 10.1. The van der Waals surface area contributed by atoms with Crippen LogP contribution in [-0.4, -0.2) is 98.6 Å². The molecule has 342 valence electrons. The number of hydrogen-bond donors (Lipinski definition) is 6. The molecule has 0 fully saturated rings. The molecule has 3 atom stereocenters. The number of carbonyl (C=O) groups is 4. The second-order valence-corrected chi connectivity index (χ2v) is 18.5. The number of sulfonamides is 1. The molecule has 3 amide bonds. The fraction of sp³-hybridized carbons (Fsp3) is 0.381. The fourth-order valence-corrected chi connectivity index (χ4v) is 9.51. The Labute approximate surface area is 371 Å². The number of hydrogen-bond acceptors (Lipinski definition) is 11. The fourth-order valence-electron chi connectivity index (χ4n) is 6.89. The zero-order valence-electron chi connectivity index (χ0n) is 35.2. The van der Waals surface area contributed by atoms with Crippen LogP contribution in [0.15, 0.2) is 77.7 Å². The van der Waals surface area contributed by atoms with Gasteiger partial charge in [-0.25, -0.2) is 8.42 Å². The molecule has 3 unspecified atom stereocenters. The van der Waals surface area contributed by atoms with Gasteiger partial charge in [0.15, 0.2) is 0 Å². The first-order chi connectivity index (χ1) is 29.7. The van der Waals surface area contributed by atoms with Crippen LogP contribution in [0.3, 0.4) is 0 Å². The highest BCUT2D eigenvalue weighted by Gasteiger charge is 2.30. The Morgan fingerprint density at radius 2 is 1.10 bits per heavy atom.